The summed E-state index contributed by atoms with van der Waals surface area (Å²) in [6.07, 6.45) is 1.09. The highest BCUT2D eigenvalue weighted by molar-refractivity contribution is 8.23. The van der Waals surface area contributed by atoms with E-state index in [2.05, 4.69) is 35.5 Å². The minimum atomic E-state index is -1.55. The Bertz CT molecular complexity index is 405. The van der Waals surface area contributed by atoms with E-state index in [9.17, 15) is 0 Å². The Morgan fingerprint density at radius 2 is 1.68 bits per heavy atom. The van der Waals surface area contributed by atoms with E-state index >= 15 is 0 Å². The van der Waals surface area contributed by atoms with Crippen molar-refractivity contribution in [2.75, 3.05) is 25.5 Å². The summed E-state index contributed by atoms with van der Waals surface area (Å²) in [6.45, 7) is 9.66. The Balaban J connectivity index is 2.20. The molecule has 19 heavy (non-hydrogen) atoms. The summed E-state index contributed by atoms with van der Waals surface area (Å²) >= 11 is 0. The molecule has 1 aromatic rings. The number of benzene rings is 1. The summed E-state index contributed by atoms with van der Waals surface area (Å²) in [5.41, 5.74) is 2.88. The average molecular weight is 283 g/mol. The summed E-state index contributed by atoms with van der Waals surface area (Å²) in [5, 5.41) is 0. The zero-order chi connectivity index (χ0) is 13.7. The maximum absolute atomic E-state index is 6.06. The summed E-state index contributed by atoms with van der Waals surface area (Å²) in [4.78, 5) is 0. The van der Waals surface area contributed by atoms with Gasteiger partial charge in [0.15, 0.2) is 0 Å². The van der Waals surface area contributed by atoms with Crippen LogP contribution in [0.2, 0.25) is 0 Å². The Hall–Kier alpha value is -0.550. The van der Waals surface area contributed by atoms with Crippen molar-refractivity contribution in [3.8, 4) is 0 Å². The minimum Gasteiger partial charge on any atom is -0.271 e. The van der Waals surface area contributed by atoms with Crippen molar-refractivity contribution >= 4 is 10.8 Å². The van der Waals surface area contributed by atoms with Crippen molar-refractivity contribution in [3.05, 3.63) is 35.4 Å². The summed E-state index contributed by atoms with van der Waals surface area (Å²) in [5.74, 6) is 0.927. The van der Waals surface area contributed by atoms with Crippen molar-refractivity contribution in [1.29, 1.82) is 0 Å². The predicted molar refractivity (Wildman–Crippen MR) is 81.9 cm³/mol. The van der Waals surface area contributed by atoms with E-state index < -0.39 is 10.8 Å². The van der Waals surface area contributed by atoms with Gasteiger partial charge in [0.25, 0.3) is 0 Å². The van der Waals surface area contributed by atoms with E-state index in [-0.39, 0.29) is 0 Å². The molecule has 1 heterocycles. The van der Waals surface area contributed by atoms with Crippen LogP contribution in [0.1, 0.15) is 31.9 Å². The third-order valence-electron chi connectivity index (χ3n) is 3.46. The number of nitrogens with zero attached hydrogens (tertiary/aromatic N) is 1. The predicted octanol–water partition coefficient (Wildman–Crippen LogP) is 3.69. The molecule has 0 saturated carbocycles. The van der Waals surface area contributed by atoms with Gasteiger partial charge in [0.2, 0.25) is 0 Å². The molecule has 0 aliphatic carbocycles. The maximum Gasteiger partial charge on any atom is 0.0701 e. The highest BCUT2D eigenvalue weighted by Crippen LogP contribution is 2.54. The highest BCUT2D eigenvalue weighted by atomic mass is 32.3. The Morgan fingerprint density at radius 3 is 2.26 bits per heavy atom. The number of hydrogen-bond donors (Lipinski definition) is 0. The molecular formula is C15H25NO2S. The Labute approximate surface area is 118 Å². The topological polar surface area (TPSA) is 21.7 Å². The first-order valence-electron chi connectivity index (χ1n) is 7.17. The second kappa shape index (κ2) is 6.75. The molecule has 0 bridgehead atoms. The average Bonchev–Trinajstić information content (AvgIpc) is 2.46. The van der Waals surface area contributed by atoms with E-state index in [1.807, 2.05) is 13.8 Å². The Morgan fingerprint density at radius 1 is 1.05 bits per heavy atom. The lowest BCUT2D eigenvalue weighted by molar-refractivity contribution is 0.221. The van der Waals surface area contributed by atoms with Crippen LogP contribution in [0.25, 0.3) is 0 Å². The van der Waals surface area contributed by atoms with E-state index in [4.69, 9.17) is 8.37 Å². The zero-order valence-corrected chi connectivity index (χ0v) is 13.0. The van der Waals surface area contributed by atoms with Crippen LogP contribution in [0.4, 0.5) is 0 Å². The van der Waals surface area contributed by atoms with Crippen LogP contribution in [0.5, 0.6) is 0 Å². The largest absolute Gasteiger partial charge is 0.271 e. The van der Waals surface area contributed by atoms with Crippen molar-refractivity contribution in [2.24, 2.45) is 0 Å². The molecule has 1 aliphatic rings. The fourth-order valence-electron chi connectivity index (χ4n) is 2.61. The van der Waals surface area contributed by atoms with E-state index in [0.717, 1.165) is 25.3 Å². The molecule has 0 spiro atoms. The molecule has 3 nitrogen and oxygen atoms in total. The number of fused-ring (bicyclic) bond motifs is 1. The molecule has 0 aromatic heterocycles. The molecule has 2 rings (SSSR count). The van der Waals surface area contributed by atoms with Crippen molar-refractivity contribution < 1.29 is 8.37 Å². The van der Waals surface area contributed by atoms with Gasteiger partial charge < -0.3 is 0 Å². The van der Waals surface area contributed by atoms with E-state index in [1.54, 1.807) is 0 Å². The third-order valence-corrected chi connectivity index (χ3v) is 6.49. The van der Waals surface area contributed by atoms with Gasteiger partial charge in [0.1, 0.15) is 0 Å². The first kappa shape index (κ1) is 14.9. The normalized spacial score (nSPS) is 17.2. The van der Waals surface area contributed by atoms with Gasteiger partial charge in [0.05, 0.1) is 19.0 Å². The van der Waals surface area contributed by atoms with E-state index in [0.29, 0.717) is 13.2 Å². The van der Waals surface area contributed by atoms with Crippen molar-refractivity contribution in [3.63, 3.8) is 0 Å². The van der Waals surface area contributed by atoms with Crippen molar-refractivity contribution in [2.45, 2.75) is 33.7 Å². The molecule has 1 aromatic carbocycles. The van der Waals surface area contributed by atoms with Crippen LogP contribution < -0.4 is 0 Å². The molecule has 0 atom stereocenters. The lowest BCUT2D eigenvalue weighted by Crippen LogP contribution is -2.37. The van der Waals surface area contributed by atoms with Gasteiger partial charge in [0, 0.05) is 13.1 Å². The second-order valence-electron chi connectivity index (χ2n) is 4.57. The van der Waals surface area contributed by atoms with Gasteiger partial charge in [-0.1, -0.05) is 24.3 Å². The van der Waals surface area contributed by atoms with Crippen LogP contribution in [0, 0.1) is 0 Å². The lowest BCUT2D eigenvalue weighted by Gasteiger charge is -2.51. The zero-order valence-electron chi connectivity index (χ0n) is 12.2. The highest BCUT2D eigenvalue weighted by Gasteiger charge is 2.30. The minimum absolute atomic E-state index is 0.710. The van der Waals surface area contributed by atoms with Gasteiger partial charge >= 0.3 is 0 Å². The molecule has 0 saturated heterocycles. The molecule has 1 aliphatic heterocycles. The first-order valence-corrected chi connectivity index (χ1v) is 8.78. The SMILES string of the molecule is CCOS(CC)(OCC)N1CCc2ccccc2C1. The van der Waals surface area contributed by atoms with Crippen LogP contribution >= 0.6 is 10.8 Å². The lowest BCUT2D eigenvalue weighted by atomic mass is 10.0. The summed E-state index contributed by atoms with van der Waals surface area (Å²) in [6, 6.07) is 8.70. The van der Waals surface area contributed by atoms with Gasteiger partial charge in [-0.15, -0.1) is 10.8 Å². The van der Waals surface area contributed by atoms with Crippen LogP contribution in [0.3, 0.4) is 0 Å². The summed E-state index contributed by atoms with van der Waals surface area (Å²) < 4.78 is 14.5. The molecule has 0 fully saturated rings. The van der Waals surface area contributed by atoms with Gasteiger partial charge in [-0.05, 0) is 38.3 Å². The number of hydrogen-bond acceptors (Lipinski definition) is 3. The molecular weight excluding hydrogens is 258 g/mol. The maximum atomic E-state index is 6.06. The molecule has 0 radical (unpaired) electrons. The second-order valence-corrected chi connectivity index (χ2v) is 7.29. The molecule has 0 N–H and O–H groups in total. The molecule has 4 heteroatoms. The van der Waals surface area contributed by atoms with Crippen LogP contribution in [0.15, 0.2) is 24.3 Å². The third kappa shape index (κ3) is 3.14. The summed E-state index contributed by atoms with van der Waals surface area (Å²) in [7, 11) is -1.55. The first-order chi connectivity index (χ1) is 9.25. The fourth-order valence-corrected chi connectivity index (χ4v) is 5.11. The smallest absolute Gasteiger partial charge is 0.0701 e. The van der Waals surface area contributed by atoms with Crippen molar-refractivity contribution in [1.82, 2.24) is 4.31 Å². The molecule has 108 valence electrons. The monoisotopic (exact) mass is 283 g/mol. The fraction of sp³-hybridized carbons (Fsp3) is 0.600. The van der Waals surface area contributed by atoms with Crippen LogP contribution in [-0.2, 0) is 21.3 Å². The standard InChI is InChI=1S/C15H25NO2S/c1-4-17-19(6-3,18-5-2)16-12-11-14-9-7-8-10-15(14)13-16/h7-10H,4-6,11-13H2,1-3H3. The van der Waals surface area contributed by atoms with Crippen LogP contribution in [-0.4, -0.2) is 29.8 Å². The van der Waals surface area contributed by atoms with Gasteiger partial charge in [-0.25, -0.2) is 4.31 Å². The molecule has 0 amide bonds. The van der Waals surface area contributed by atoms with E-state index in [1.165, 1.54) is 11.1 Å². The number of rotatable bonds is 6. The van der Waals surface area contributed by atoms with Gasteiger partial charge in [-0.3, -0.25) is 8.37 Å². The van der Waals surface area contributed by atoms with Gasteiger partial charge in [-0.2, -0.15) is 0 Å². The quantitative estimate of drug-likeness (QED) is 0.795. The molecule has 0 unspecified atom stereocenters. The Kier molecular flexibility index (Phi) is 5.28.